The zero-order chi connectivity index (χ0) is 21.2. The van der Waals surface area contributed by atoms with E-state index in [4.69, 9.17) is 9.47 Å². The first-order valence-corrected chi connectivity index (χ1v) is 10.2. The molecule has 1 aliphatic rings. The van der Waals surface area contributed by atoms with Crippen molar-refractivity contribution in [3.05, 3.63) is 66.2 Å². The van der Waals surface area contributed by atoms with Gasteiger partial charge in [-0.3, -0.25) is 14.5 Å². The highest BCUT2D eigenvalue weighted by molar-refractivity contribution is 5.87. The van der Waals surface area contributed by atoms with Gasteiger partial charge in [0.25, 0.3) is 0 Å². The lowest BCUT2D eigenvalue weighted by molar-refractivity contribution is -0.148. The first-order chi connectivity index (χ1) is 14.6. The van der Waals surface area contributed by atoms with Crippen molar-refractivity contribution in [1.82, 2.24) is 10.2 Å². The molecule has 2 aromatic rings. The number of aliphatic hydroxyl groups is 1. The number of aliphatic hydroxyl groups excluding tert-OH is 1. The van der Waals surface area contributed by atoms with Gasteiger partial charge in [-0.25, -0.2) is 0 Å². The van der Waals surface area contributed by atoms with Gasteiger partial charge >= 0.3 is 5.97 Å². The van der Waals surface area contributed by atoms with Crippen molar-refractivity contribution in [1.29, 1.82) is 0 Å². The van der Waals surface area contributed by atoms with Crippen molar-refractivity contribution in [2.45, 2.75) is 25.0 Å². The molecule has 7 heteroatoms. The summed E-state index contributed by atoms with van der Waals surface area (Å²) in [5, 5.41) is 13.1. The lowest BCUT2D eigenvalue weighted by Gasteiger charge is -2.35. The minimum atomic E-state index is -0.785. The number of ether oxygens (including phenoxy) is 2. The van der Waals surface area contributed by atoms with Gasteiger partial charge in [-0.2, -0.15) is 0 Å². The number of hydrogen-bond acceptors (Lipinski definition) is 6. The molecule has 0 radical (unpaired) electrons. The molecule has 1 heterocycles. The Balaban J connectivity index is 1.46. The van der Waals surface area contributed by atoms with Gasteiger partial charge in [-0.1, -0.05) is 48.5 Å². The molecule has 1 saturated heterocycles. The smallest absolute Gasteiger partial charge is 0.307 e. The van der Waals surface area contributed by atoms with Crippen LogP contribution < -0.4 is 10.1 Å². The van der Waals surface area contributed by atoms with E-state index in [9.17, 15) is 14.7 Å². The van der Waals surface area contributed by atoms with Crippen LogP contribution in [0.15, 0.2) is 60.7 Å². The standard InChI is InChI=1S/C23H28N2O5/c26-19(17-30-20-9-5-2-6-10-20)16-25-13-12-24-23(28)21(25)15-22(27)29-14-11-18-7-3-1-4-8-18/h1-10,19,21,26H,11-17H2,(H,24,28). The monoisotopic (exact) mass is 412 g/mol. The van der Waals surface area contributed by atoms with E-state index < -0.39 is 18.1 Å². The number of nitrogens with one attached hydrogen (secondary N) is 1. The largest absolute Gasteiger partial charge is 0.491 e. The summed E-state index contributed by atoms with van der Waals surface area (Å²) >= 11 is 0. The van der Waals surface area contributed by atoms with Gasteiger partial charge in [0, 0.05) is 26.1 Å². The first kappa shape index (κ1) is 21.8. The Morgan fingerprint density at radius 1 is 1.13 bits per heavy atom. The van der Waals surface area contributed by atoms with E-state index in [1.165, 1.54) is 0 Å². The van der Waals surface area contributed by atoms with E-state index in [0.29, 0.717) is 25.3 Å². The number of β-amino-alcohol motifs (C(OH)–C–C–N with tert-alkyl or cyclic N) is 1. The summed E-state index contributed by atoms with van der Waals surface area (Å²) in [5.41, 5.74) is 1.09. The Hall–Kier alpha value is -2.90. The molecule has 7 nitrogen and oxygen atoms in total. The van der Waals surface area contributed by atoms with Crippen LogP contribution in [0.1, 0.15) is 12.0 Å². The quantitative estimate of drug-likeness (QED) is 0.574. The minimum Gasteiger partial charge on any atom is -0.491 e. The van der Waals surface area contributed by atoms with E-state index >= 15 is 0 Å². The number of amides is 1. The number of hydrogen-bond donors (Lipinski definition) is 2. The number of benzene rings is 2. The highest BCUT2D eigenvalue weighted by atomic mass is 16.5. The topological polar surface area (TPSA) is 88.1 Å². The van der Waals surface area contributed by atoms with Crippen molar-refractivity contribution in [3.8, 4) is 5.75 Å². The number of nitrogens with zero attached hydrogens (tertiary/aromatic N) is 1. The lowest BCUT2D eigenvalue weighted by Crippen LogP contribution is -2.57. The second kappa shape index (κ2) is 11.3. The summed E-state index contributed by atoms with van der Waals surface area (Å²) in [6.45, 7) is 1.64. The third kappa shape index (κ3) is 6.86. The van der Waals surface area contributed by atoms with Crippen molar-refractivity contribution >= 4 is 11.9 Å². The molecule has 30 heavy (non-hydrogen) atoms. The fourth-order valence-corrected chi connectivity index (χ4v) is 3.38. The van der Waals surface area contributed by atoms with Gasteiger partial charge < -0.3 is 19.9 Å². The van der Waals surface area contributed by atoms with Crippen LogP contribution in [0.2, 0.25) is 0 Å². The molecule has 1 aliphatic heterocycles. The Morgan fingerprint density at radius 3 is 2.57 bits per heavy atom. The molecule has 0 spiro atoms. The van der Waals surface area contributed by atoms with E-state index in [2.05, 4.69) is 5.32 Å². The Bertz CT molecular complexity index is 800. The number of esters is 1. The molecule has 0 saturated carbocycles. The van der Waals surface area contributed by atoms with Gasteiger partial charge in [0.1, 0.15) is 18.5 Å². The first-order valence-electron chi connectivity index (χ1n) is 10.2. The number of carbonyl (C=O) groups excluding carboxylic acids is 2. The van der Waals surface area contributed by atoms with Crippen LogP contribution in [0.5, 0.6) is 5.75 Å². The third-order valence-corrected chi connectivity index (χ3v) is 4.93. The van der Waals surface area contributed by atoms with Gasteiger partial charge in [0.15, 0.2) is 0 Å². The number of para-hydroxylation sites is 1. The molecule has 2 unspecified atom stereocenters. The summed E-state index contributed by atoms with van der Waals surface area (Å²) < 4.78 is 10.9. The lowest BCUT2D eigenvalue weighted by atomic mass is 10.1. The van der Waals surface area contributed by atoms with Gasteiger partial charge in [-0.05, 0) is 17.7 Å². The number of piperazine rings is 1. The average molecular weight is 412 g/mol. The normalized spacial score (nSPS) is 17.8. The number of rotatable bonds is 10. The molecule has 1 amide bonds. The summed E-state index contributed by atoms with van der Waals surface area (Å²) in [7, 11) is 0. The van der Waals surface area contributed by atoms with E-state index in [0.717, 1.165) is 5.56 Å². The maximum atomic E-state index is 12.3. The highest BCUT2D eigenvalue weighted by Crippen LogP contribution is 2.13. The SMILES string of the molecule is O=C(CC1C(=O)NCCN1CC(O)COc1ccccc1)OCCc1ccccc1. The third-order valence-electron chi connectivity index (χ3n) is 4.93. The molecule has 2 N–H and O–H groups in total. The van der Waals surface area contributed by atoms with Crippen LogP contribution in [0, 0.1) is 0 Å². The molecular formula is C23H28N2O5. The van der Waals surface area contributed by atoms with E-state index in [1.807, 2.05) is 65.6 Å². The fraction of sp³-hybridized carbons (Fsp3) is 0.391. The van der Waals surface area contributed by atoms with Gasteiger partial charge in [0.05, 0.1) is 19.1 Å². The molecule has 0 bridgehead atoms. The number of carbonyl (C=O) groups is 2. The molecular weight excluding hydrogens is 384 g/mol. The Morgan fingerprint density at radius 2 is 1.83 bits per heavy atom. The van der Waals surface area contributed by atoms with Crippen molar-refractivity contribution in [3.63, 3.8) is 0 Å². The predicted molar refractivity (Wildman–Crippen MR) is 112 cm³/mol. The maximum Gasteiger partial charge on any atom is 0.307 e. The molecule has 2 aromatic carbocycles. The van der Waals surface area contributed by atoms with Crippen molar-refractivity contribution < 1.29 is 24.2 Å². The Labute approximate surface area is 176 Å². The highest BCUT2D eigenvalue weighted by Gasteiger charge is 2.33. The summed E-state index contributed by atoms with van der Waals surface area (Å²) in [6, 6.07) is 18.3. The molecule has 0 aliphatic carbocycles. The molecule has 2 atom stereocenters. The van der Waals surface area contributed by atoms with E-state index in [1.54, 1.807) is 0 Å². The summed E-state index contributed by atoms with van der Waals surface area (Å²) in [4.78, 5) is 26.4. The summed E-state index contributed by atoms with van der Waals surface area (Å²) in [6.07, 6.45) is -0.206. The zero-order valence-electron chi connectivity index (χ0n) is 16.9. The predicted octanol–water partition coefficient (Wildman–Crippen LogP) is 1.40. The zero-order valence-corrected chi connectivity index (χ0v) is 16.9. The molecule has 160 valence electrons. The van der Waals surface area contributed by atoms with Gasteiger partial charge in [-0.15, -0.1) is 0 Å². The van der Waals surface area contributed by atoms with Crippen molar-refractivity contribution in [2.24, 2.45) is 0 Å². The minimum absolute atomic E-state index is 0.0487. The summed E-state index contributed by atoms with van der Waals surface area (Å²) in [5.74, 6) is 0.0249. The maximum absolute atomic E-state index is 12.3. The van der Waals surface area contributed by atoms with Crippen LogP contribution in [-0.2, 0) is 20.7 Å². The Kier molecular flexibility index (Phi) is 8.23. The van der Waals surface area contributed by atoms with Crippen LogP contribution in [0.25, 0.3) is 0 Å². The van der Waals surface area contributed by atoms with Crippen LogP contribution in [0.4, 0.5) is 0 Å². The average Bonchev–Trinajstić information content (AvgIpc) is 2.76. The van der Waals surface area contributed by atoms with Crippen molar-refractivity contribution in [2.75, 3.05) is 32.8 Å². The van der Waals surface area contributed by atoms with Crippen LogP contribution >= 0.6 is 0 Å². The second-order valence-corrected chi connectivity index (χ2v) is 7.24. The van der Waals surface area contributed by atoms with Crippen LogP contribution in [-0.4, -0.2) is 66.9 Å². The molecule has 1 fully saturated rings. The fourth-order valence-electron chi connectivity index (χ4n) is 3.38. The van der Waals surface area contributed by atoms with Gasteiger partial charge in [0.2, 0.25) is 5.91 Å². The van der Waals surface area contributed by atoms with Crippen LogP contribution in [0.3, 0.4) is 0 Å². The molecule has 3 rings (SSSR count). The second-order valence-electron chi connectivity index (χ2n) is 7.24. The van der Waals surface area contributed by atoms with E-state index in [-0.39, 0.29) is 32.1 Å². The molecule has 0 aromatic heterocycles.